The van der Waals surface area contributed by atoms with Gasteiger partial charge in [0.25, 0.3) is 5.91 Å². The van der Waals surface area contributed by atoms with Crippen LogP contribution in [0, 0.1) is 0 Å². The zero-order valence-electron chi connectivity index (χ0n) is 15.8. The minimum absolute atomic E-state index is 0.0246. The molecule has 0 unspecified atom stereocenters. The Kier molecular flexibility index (Phi) is 4.08. The fourth-order valence-electron chi connectivity index (χ4n) is 4.25. The Morgan fingerprint density at radius 1 is 1.00 bits per heavy atom. The van der Waals surface area contributed by atoms with Crippen LogP contribution in [0.3, 0.4) is 0 Å². The first-order chi connectivity index (χ1) is 14.1. The van der Waals surface area contributed by atoms with Crippen molar-refractivity contribution in [1.82, 2.24) is 20.1 Å². The first-order valence-electron chi connectivity index (χ1n) is 9.74. The SMILES string of the molecule is O=C1NC2(CCN(C(=O)Nn3ccc(-c4ccccc4)n3)CC2)c2ccccc21. The lowest BCUT2D eigenvalue weighted by Gasteiger charge is -2.39. The van der Waals surface area contributed by atoms with Crippen LogP contribution in [-0.2, 0) is 5.54 Å². The molecule has 0 aliphatic carbocycles. The first-order valence-corrected chi connectivity index (χ1v) is 9.74. The van der Waals surface area contributed by atoms with Crippen molar-refractivity contribution < 1.29 is 9.59 Å². The summed E-state index contributed by atoms with van der Waals surface area (Å²) in [5.41, 5.74) is 6.04. The number of aromatic nitrogens is 2. The summed E-state index contributed by atoms with van der Waals surface area (Å²) >= 11 is 0. The van der Waals surface area contributed by atoms with E-state index >= 15 is 0 Å². The zero-order valence-corrected chi connectivity index (χ0v) is 15.8. The van der Waals surface area contributed by atoms with E-state index in [1.54, 1.807) is 11.1 Å². The Balaban J connectivity index is 1.25. The number of likely N-dealkylation sites (tertiary alicyclic amines) is 1. The summed E-state index contributed by atoms with van der Waals surface area (Å²) < 4.78 is 0. The third kappa shape index (κ3) is 3.04. The molecule has 146 valence electrons. The number of carbonyl (C=O) groups is 2. The molecule has 7 nitrogen and oxygen atoms in total. The van der Waals surface area contributed by atoms with Gasteiger partial charge in [-0.2, -0.15) is 9.89 Å². The molecule has 0 saturated carbocycles. The third-order valence-corrected chi connectivity index (χ3v) is 5.81. The lowest BCUT2D eigenvalue weighted by Crippen LogP contribution is -2.52. The molecular formula is C22H21N5O2. The smallest absolute Gasteiger partial charge is 0.337 e. The van der Waals surface area contributed by atoms with Crippen molar-refractivity contribution in [3.05, 3.63) is 78.0 Å². The highest BCUT2D eigenvalue weighted by Gasteiger charge is 2.45. The fraction of sp³-hybridized carbons (Fsp3) is 0.227. The van der Waals surface area contributed by atoms with Gasteiger partial charge in [-0.3, -0.25) is 4.79 Å². The molecule has 0 radical (unpaired) electrons. The van der Waals surface area contributed by atoms with Crippen molar-refractivity contribution in [1.29, 1.82) is 0 Å². The summed E-state index contributed by atoms with van der Waals surface area (Å²) in [6.45, 7) is 1.13. The quantitative estimate of drug-likeness (QED) is 0.710. The summed E-state index contributed by atoms with van der Waals surface area (Å²) in [6, 6.07) is 19.2. The third-order valence-electron chi connectivity index (χ3n) is 5.81. The van der Waals surface area contributed by atoms with E-state index in [2.05, 4.69) is 15.8 Å². The molecule has 1 spiro atoms. The maximum absolute atomic E-state index is 12.7. The van der Waals surface area contributed by atoms with Crippen molar-refractivity contribution in [3.8, 4) is 11.3 Å². The number of nitrogens with zero attached hydrogens (tertiary/aromatic N) is 3. The van der Waals surface area contributed by atoms with Crippen LogP contribution in [-0.4, -0.2) is 39.8 Å². The van der Waals surface area contributed by atoms with Gasteiger partial charge in [-0.1, -0.05) is 48.5 Å². The van der Waals surface area contributed by atoms with E-state index in [-0.39, 0.29) is 17.5 Å². The standard InChI is InChI=1S/C22H21N5O2/c28-20-17-8-4-5-9-18(17)22(23-20)11-14-26(15-12-22)21(29)25-27-13-10-19(24-27)16-6-2-1-3-7-16/h1-10,13H,11-12,14-15H2,(H,23,28)(H,25,29). The first kappa shape index (κ1) is 17.5. The summed E-state index contributed by atoms with van der Waals surface area (Å²) in [4.78, 5) is 28.2. The largest absolute Gasteiger partial charge is 0.342 e. The summed E-state index contributed by atoms with van der Waals surface area (Å²) in [7, 11) is 0. The van der Waals surface area contributed by atoms with Crippen molar-refractivity contribution in [2.75, 3.05) is 18.5 Å². The van der Waals surface area contributed by atoms with Crippen molar-refractivity contribution >= 4 is 11.9 Å². The van der Waals surface area contributed by atoms with E-state index in [1.165, 1.54) is 4.79 Å². The van der Waals surface area contributed by atoms with Crippen LogP contribution in [0.25, 0.3) is 11.3 Å². The van der Waals surface area contributed by atoms with Gasteiger partial charge in [0, 0.05) is 30.4 Å². The maximum Gasteiger partial charge on any atom is 0.337 e. The lowest BCUT2D eigenvalue weighted by molar-refractivity contribution is 0.0886. The van der Waals surface area contributed by atoms with Crippen LogP contribution in [0.5, 0.6) is 0 Å². The Morgan fingerprint density at radius 3 is 2.52 bits per heavy atom. The van der Waals surface area contributed by atoms with Crippen LogP contribution in [0.15, 0.2) is 66.9 Å². The average Bonchev–Trinajstić information content (AvgIpc) is 3.33. The second-order valence-electron chi connectivity index (χ2n) is 7.50. The molecule has 2 aromatic carbocycles. The predicted octanol–water partition coefficient (Wildman–Crippen LogP) is 2.95. The van der Waals surface area contributed by atoms with E-state index < -0.39 is 0 Å². The summed E-state index contributed by atoms with van der Waals surface area (Å²) in [5, 5.41) is 7.58. The molecule has 1 fully saturated rings. The van der Waals surface area contributed by atoms with Gasteiger partial charge in [-0.25, -0.2) is 10.2 Å². The number of carbonyl (C=O) groups excluding carboxylic acids is 2. The maximum atomic E-state index is 12.7. The number of hydrogen-bond acceptors (Lipinski definition) is 3. The second kappa shape index (κ2) is 6.77. The molecule has 1 aromatic heterocycles. The predicted molar refractivity (Wildman–Crippen MR) is 109 cm³/mol. The number of fused-ring (bicyclic) bond motifs is 2. The molecule has 3 heterocycles. The number of nitrogens with one attached hydrogen (secondary N) is 2. The van der Waals surface area contributed by atoms with E-state index in [0.29, 0.717) is 25.9 Å². The molecule has 0 atom stereocenters. The van der Waals surface area contributed by atoms with Crippen LogP contribution in [0.4, 0.5) is 4.79 Å². The Hall–Kier alpha value is -3.61. The minimum Gasteiger partial charge on any atom is -0.342 e. The van der Waals surface area contributed by atoms with E-state index in [9.17, 15) is 9.59 Å². The van der Waals surface area contributed by atoms with E-state index in [1.807, 2.05) is 60.7 Å². The number of rotatable bonds is 2. The molecule has 29 heavy (non-hydrogen) atoms. The molecule has 5 rings (SSSR count). The molecule has 0 bridgehead atoms. The average molecular weight is 387 g/mol. The van der Waals surface area contributed by atoms with Gasteiger partial charge in [0.15, 0.2) is 0 Å². The van der Waals surface area contributed by atoms with Gasteiger partial charge < -0.3 is 10.2 Å². The molecule has 2 aliphatic rings. The van der Waals surface area contributed by atoms with Crippen LogP contribution in [0.2, 0.25) is 0 Å². The Labute approximate surface area is 168 Å². The molecular weight excluding hydrogens is 366 g/mol. The van der Waals surface area contributed by atoms with E-state index in [4.69, 9.17) is 0 Å². The number of hydrogen-bond donors (Lipinski definition) is 2. The number of piperidine rings is 1. The fourth-order valence-corrected chi connectivity index (χ4v) is 4.25. The highest BCUT2D eigenvalue weighted by molar-refractivity contribution is 6.00. The van der Waals surface area contributed by atoms with Gasteiger partial charge in [0.05, 0.1) is 11.2 Å². The molecule has 3 amide bonds. The molecule has 2 aliphatic heterocycles. The minimum atomic E-state index is -0.364. The molecule has 1 saturated heterocycles. The monoisotopic (exact) mass is 387 g/mol. The van der Waals surface area contributed by atoms with Gasteiger partial charge in [-0.05, 0) is 30.5 Å². The van der Waals surface area contributed by atoms with E-state index in [0.717, 1.165) is 22.4 Å². The van der Waals surface area contributed by atoms with Gasteiger partial charge in [0.1, 0.15) is 0 Å². The van der Waals surface area contributed by atoms with Gasteiger partial charge in [-0.15, -0.1) is 0 Å². The number of benzene rings is 2. The van der Waals surface area contributed by atoms with Gasteiger partial charge >= 0.3 is 6.03 Å². The van der Waals surface area contributed by atoms with Crippen LogP contribution in [0.1, 0.15) is 28.8 Å². The highest BCUT2D eigenvalue weighted by Crippen LogP contribution is 2.39. The Morgan fingerprint density at radius 2 is 1.72 bits per heavy atom. The second-order valence-corrected chi connectivity index (χ2v) is 7.50. The Bertz CT molecular complexity index is 1070. The van der Waals surface area contributed by atoms with Crippen LogP contribution >= 0.6 is 0 Å². The topological polar surface area (TPSA) is 79.3 Å². The van der Waals surface area contributed by atoms with Gasteiger partial charge in [0.2, 0.25) is 0 Å². The number of urea groups is 1. The summed E-state index contributed by atoms with van der Waals surface area (Å²) in [5.74, 6) is -0.0246. The van der Waals surface area contributed by atoms with Crippen molar-refractivity contribution in [2.45, 2.75) is 18.4 Å². The molecule has 3 aromatic rings. The summed E-state index contributed by atoms with van der Waals surface area (Å²) in [6.07, 6.45) is 3.12. The number of amides is 3. The normalized spacial score (nSPS) is 17.1. The molecule has 7 heteroatoms. The molecule has 2 N–H and O–H groups in total. The zero-order chi connectivity index (χ0) is 19.8. The lowest BCUT2D eigenvalue weighted by atomic mass is 9.82. The van der Waals surface area contributed by atoms with Crippen LogP contribution < -0.4 is 10.7 Å². The highest BCUT2D eigenvalue weighted by atomic mass is 16.2. The van der Waals surface area contributed by atoms with Crippen molar-refractivity contribution in [2.24, 2.45) is 0 Å². The van der Waals surface area contributed by atoms with Crippen molar-refractivity contribution in [3.63, 3.8) is 0 Å².